The monoisotopic (exact) mass is 183 g/mol. The molecule has 2 saturated heterocycles. The van der Waals surface area contributed by atoms with Crippen LogP contribution in [0.5, 0.6) is 0 Å². The lowest BCUT2D eigenvalue weighted by Crippen LogP contribution is -2.31. The average Bonchev–Trinajstić information content (AvgIpc) is 2.47. The van der Waals surface area contributed by atoms with Gasteiger partial charge in [-0.2, -0.15) is 0 Å². The largest absolute Gasteiger partial charge is 0.330 e. The molecule has 3 heteroatoms. The molecule has 0 aliphatic carbocycles. The number of nitrogens with two attached hydrogens (primary N) is 1. The van der Waals surface area contributed by atoms with Gasteiger partial charge in [-0.1, -0.05) is 0 Å². The molecule has 0 bridgehead atoms. The number of likely N-dealkylation sites (N-methyl/N-ethyl adjacent to an activating group) is 1. The van der Waals surface area contributed by atoms with Crippen LogP contribution >= 0.6 is 0 Å². The van der Waals surface area contributed by atoms with Crippen molar-refractivity contribution in [1.82, 2.24) is 9.80 Å². The van der Waals surface area contributed by atoms with Crippen molar-refractivity contribution >= 4 is 0 Å². The summed E-state index contributed by atoms with van der Waals surface area (Å²) in [5.41, 5.74) is 5.72. The third kappa shape index (κ3) is 2.03. The Morgan fingerprint density at radius 1 is 1.31 bits per heavy atom. The second kappa shape index (κ2) is 3.95. The molecular weight excluding hydrogens is 162 g/mol. The molecule has 2 unspecified atom stereocenters. The molecule has 0 aromatic heterocycles. The Hall–Kier alpha value is -0.120. The highest BCUT2D eigenvalue weighted by Gasteiger charge is 2.32. The maximum Gasteiger partial charge on any atom is 0.0112 e. The molecule has 0 spiro atoms. The Labute approximate surface area is 80.9 Å². The minimum absolute atomic E-state index is 0.772. The van der Waals surface area contributed by atoms with E-state index in [0.29, 0.717) is 0 Å². The van der Waals surface area contributed by atoms with Crippen molar-refractivity contribution in [2.45, 2.75) is 18.9 Å². The Bertz CT molecular complexity index is 156. The first-order chi connectivity index (χ1) is 6.29. The molecule has 0 saturated carbocycles. The zero-order valence-electron chi connectivity index (χ0n) is 8.58. The van der Waals surface area contributed by atoms with E-state index in [4.69, 9.17) is 5.73 Å². The van der Waals surface area contributed by atoms with Crippen LogP contribution < -0.4 is 5.73 Å². The van der Waals surface area contributed by atoms with E-state index in [1.165, 1.54) is 39.0 Å². The molecule has 3 nitrogen and oxygen atoms in total. The molecule has 2 fully saturated rings. The maximum atomic E-state index is 5.72. The van der Waals surface area contributed by atoms with Crippen LogP contribution in [0.3, 0.4) is 0 Å². The first-order valence-electron chi connectivity index (χ1n) is 5.42. The molecule has 2 N–H and O–H groups in total. The molecule has 0 amide bonds. The summed E-state index contributed by atoms with van der Waals surface area (Å²) in [5.74, 6) is 0.772. The lowest BCUT2D eigenvalue weighted by atomic mass is 10.0. The maximum absolute atomic E-state index is 5.72. The summed E-state index contributed by atoms with van der Waals surface area (Å²) in [5, 5.41) is 0. The Kier molecular flexibility index (Phi) is 2.86. The minimum atomic E-state index is 0.772. The van der Waals surface area contributed by atoms with Crippen LogP contribution in [-0.4, -0.2) is 55.6 Å². The normalized spacial score (nSPS) is 37.4. The zero-order valence-corrected chi connectivity index (χ0v) is 8.58. The molecule has 2 atom stereocenters. The van der Waals surface area contributed by atoms with Crippen molar-refractivity contribution in [3.8, 4) is 0 Å². The minimum Gasteiger partial charge on any atom is -0.330 e. The summed E-state index contributed by atoms with van der Waals surface area (Å²) >= 11 is 0. The van der Waals surface area contributed by atoms with Crippen molar-refractivity contribution in [3.63, 3.8) is 0 Å². The van der Waals surface area contributed by atoms with Gasteiger partial charge in [0.05, 0.1) is 0 Å². The van der Waals surface area contributed by atoms with Crippen LogP contribution in [0.1, 0.15) is 12.8 Å². The van der Waals surface area contributed by atoms with Gasteiger partial charge in [-0.05, 0) is 38.9 Å². The van der Waals surface area contributed by atoms with Gasteiger partial charge in [-0.25, -0.2) is 0 Å². The van der Waals surface area contributed by atoms with Gasteiger partial charge in [0, 0.05) is 25.7 Å². The summed E-state index contributed by atoms with van der Waals surface area (Å²) in [6.45, 7) is 5.86. The zero-order chi connectivity index (χ0) is 9.26. The highest BCUT2D eigenvalue weighted by atomic mass is 15.2. The van der Waals surface area contributed by atoms with E-state index in [2.05, 4.69) is 16.8 Å². The van der Waals surface area contributed by atoms with Crippen LogP contribution in [0.15, 0.2) is 0 Å². The molecule has 0 aromatic carbocycles. The van der Waals surface area contributed by atoms with Crippen LogP contribution in [0.25, 0.3) is 0 Å². The smallest absolute Gasteiger partial charge is 0.0112 e. The van der Waals surface area contributed by atoms with Crippen molar-refractivity contribution in [2.24, 2.45) is 11.7 Å². The van der Waals surface area contributed by atoms with Gasteiger partial charge in [0.2, 0.25) is 0 Å². The van der Waals surface area contributed by atoms with Crippen molar-refractivity contribution in [2.75, 3.05) is 39.8 Å². The third-order valence-electron chi connectivity index (χ3n) is 3.56. The lowest BCUT2D eigenvalue weighted by Gasteiger charge is -2.20. The second-order valence-electron chi connectivity index (χ2n) is 4.58. The van der Waals surface area contributed by atoms with Gasteiger partial charge in [0.25, 0.3) is 0 Å². The highest BCUT2D eigenvalue weighted by molar-refractivity contribution is 4.88. The molecule has 0 aromatic rings. The fourth-order valence-electron chi connectivity index (χ4n) is 2.61. The molecule has 13 heavy (non-hydrogen) atoms. The number of rotatable bonds is 1. The first kappa shape index (κ1) is 9.44. The van der Waals surface area contributed by atoms with Gasteiger partial charge in [-0.15, -0.1) is 0 Å². The van der Waals surface area contributed by atoms with Crippen LogP contribution in [0.4, 0.5) is 0 Å². The molecule has 2 rings (SSSR count). The van der Waals surface area contributed by atoms with E-state index in [0.717, 1.165) is 18.5 Å². The van der Waals surface area contributed by atoms with Gasteiger partial charge in [0.1, 0.15) is 0 Å². The summed E-state index contributed by atoms with van der Waals surface area (Å²) in [6, 6.07) is 0.832. The quantitative estimate of drug-likeness (QED) is 0.620. The van der Waals surface area contributed by atoms with E-state index < -0.39 is 0 Å². The van der Waals surface area contributed by atoms with E-state index in [1.807, 2.05) is 0 Å². The predicted molar refractivity (Wildman–Crippen MR) is 54.6 cm³/mol. The summed E-state index contributed by atoms with van der Waals surface area (Å²) < 4.78 is 0. The fraction of sp³-hybridized carbons (Fsp3) is 1.00. The Balaban J connectivity index is 1.92. The lowest BCUT2D eigenvalue weighted by molar-refractivity contribution is 0.258. The fourth-order valence-corrected chi connectivity index (χ4v) is 2.61. The SMILES string of the molecule is CN1CCC2CC(CN)CN2CC1. The number of nitrogens with zero attached hydrogens (tertiary/aromatic N) is 2. The highest BCUT2D eigenvalue weighted by Crippen LogP contribution is 2.26. The van der Waals surface area contributed by atoms with Gasteiger partial charge in [0.15, 0.2) is 0 Å². The Morgan fingerprint density at radius 3 is 2.92 bits per heavy atom. The molecular formula is C10H21N3. The number of hydrogen-bond acceptors (Lipinski definition) is 3. The van der Waals surface area contributed by atoms with Crippen LogP contribution in [0, 0.1) is 5.92 Å². The Morgan fingerprint density at radius 2 is 2.15 bits per heavy atom. The summed E-state index contributed by atoms with van der Waals surface area (Å²) in [4.78, 5) is 5.08. The van der Waals surface area contributed by atoms with Gasteiger partial charge in [-0.3, -0.25) is 4.90 Å². The molecule has 2 aliphatic heterocycles. The predicted octanol–water partition coefficient (Wildman–Crippen LogP) is -0.0289. The molecule has 2 aliphatic rings. The van der Waals surface area contributed by atoms with Crippen LogP contribution in [0.2, 0.25) is 0 Å². The number of fused-ring (bicyclic) bond motifs is 1. The van der Waals surface area contributed by atoms with E-state index in [9.17, 15) is 0 Å². The van der Waals surface area contributed by atoms with E-state index in [1.54, 1.807) is 0 Å². The standard InChI is InChI=1S/C10H21N3/c1-12-3-2-10-6-9(7-11)8-13(10)5-4-12/h9-10H,2-8,11H2,1H3. The topological polar surface area (TPSA) is 32.5 Å². The van der Waals surface area contributed by atoms with E-state index >= 15 is 0 Å². The summed E-state index contributed by atoms with van der Waals surface area (Å²) in [7, 11) is 2.22. The van der Waals surface area contributed by atoms with Crippen LogP contribution in [-0.2, 0) is 0 Å². The van der Waals surface area contributed by atoms with Crippen molar-refractivity contribution in [1.29, 1.82) is 0 Å². The first-order valence-corrected chi connectivity index (χ1v) is 5.42. The third-order valence-corrected chi connectivity index (χ3v) is 3.56. The average molecular weight is 183 g/mol. The van der Waals surface area contributed by atoms with Gasteiger partial charge < -0.3 is 10.6 Å². The number of hydrogen-bond donors (Lipinski definition) is 1. The van der Waals surface area contributed by atoms with E-state index in [-0.39, 0.29) is 0 Å². The van der Waals surface area contributed by atoms with Crippen molar-refractivity contribution in [3.05, 3.63) is 0 Å². The molecule has 2 heterocycles. The summed E-state index contributed by atoms with van der Waals surface area (Å²) in [6.07, 6.45) is 2.68. The second-order valence-corrected chi connectivity index (χ2v) is 4.58. The molecule has 0 radical (unpaired) electrons. The van der Waals surface area contributed by atoms with Gasteiger partial charge >= 0.3 is 0 Å². The van der Waals surface area contributed by atoms with Crippen molar-refractivity contribution < 1.29 is 0 Å². The molecule has 76 valence electrons.